The number of oxazole rings is 1. The van der Waals surface area contributed by atoms with E-state index < -0.39 is 5.60 Å². The van der Waals surface area contributed by atoms with E-state index in [1.807, 2.05) is 44.4 Å². The molecule has 4 heterocycles. The highest BCUT2D eigenvalue weighted by molar-refractivity contribution is 6.31. The number of hydrogen-bond donors (Lipinski definition) is 2. The maximum atomic E-state index is 13.4. The summed E-state index contributed by atoms with van der Waals surface area (Å²) in [4.78, 5) is 24.5. The molecule has 11 heteroatoms. The third-order valence-electron chi connectivity index (χ3n) is 7.80. The van der Waals surface area contributed by atoms with E-state index in [0.29, 0.717) is 54.4 Å². The summed E-state index contributed by atoms with van der Waals surface area (Å²) in [6, 6.07) is 13.9. The number of nitrogens with zero attached hydrogens (tertiary/aromatic N) is 6. The number of halogens is 1. The number of fused-ring (bicyclic) bond motifs is 1. The molecule has 41 heavy (non-hydrogen) atoms. The van der Waals surface area contributed by atoms with Crippen LogP contribution in [-0.4, -0.2) is 60.1 Å². The molecule has 1 aliphatic heterocycles. The van der Waals surface area contributed by atoms with Crippen molar-refractivity contribution in [3.05, 3.63) is 87.8 Å². The van der Waals surface area contributed by atoms with E-state index in [-0.39, 0.29) is 12.1 Å². The molecule has 0 atom stereocenters. The number of benzene rings is 2. The smallest absolute Gasteiger partial charge is 0.281 e. The predicted molar refractivity (Wildman–Crippen MR) is 157 cm³/mol. The van der Waals surface area contributed by atoms with Crippen molar-refractivity contribution < 1.29 is 9.52 Å². The Labute approximate surface area is 242 Å². The number of nitrogens with one attached hydrogen (secondary N) is 1. The summed E-state index contributed by atoms with van der Waals surface area (Å²) in [7, 11) is 3.73. The molecular weight excluding hydrogens is 542 g/mol. The van der Waals surface area contributed by atoms with Gasteiger partial charge in [0.15, 0.2) is 5.52 Å². The maximum Gasteiger partial charge on any atom is 0.281 e. The standard InChI is InChI=1S/C30H32ClN7O3/c1-32-16-20-3-5-21(6-4-20)27-25-26(35-36(27)2)29(39)38(19-34-25)18-30(40)9-12-37(13-10-30)17-23-8-7-22(15-24(23)31)28-33-11-14-41-28/h3-8,11,14-15,19,32,40H,9-10,12-13,16-18H2,1-2H3. The minimum Gasteiger partial charge on any atom is -0.445 e. The summed E-state index contributed by atoms with van der Waals surface area (Å²) in [6.07, 6.45) is 5.72. The molecule has 0 radical (unpaired) electrons. The zero-order valence-electron chi connectivity index (χ0n) is 23.0. The number of aliphatic hydroxyl groups is 1. The van der Waals surface area contributed by atoms with Crippen LogP contribution in [-0.2, 0) is 26.7 Å². The molecule has 1 aliphatic rings. The van der Waals surface area contributed by atoms with Crippen LogP contribution < -0.4 is 10.9 Å². The number of likely N-dealkylation sites (tertiary alicyclic amines) is 1. The minimum atomic E-state index is -1.02. The molecule has 2 aromatic carbocycles. The first kappa shape index (κ1) is 27.3. The molecule has 3 aromatic heterocycles. The second-order valence-corrected chi connectivity index (χ2v) is 11.1. The Hall–Kier alpha value is -3.83. The van der Waals surface area contributed by atoms with Crippen molar-refractivity contribution in [2.75, 3.05) is 20.1 Å². The normalized spacial score (nSPS) is 15.5. The lowest BCUT2D eigenvalue weighted by atomic mass is 9.91. The zero-order chi connectivity index (χ0) is 28.6. The molecule has 0 aliphatic carbocycles. The summed E-state index contributed by atoms with van der Waals surface area (Å²) in [5, 5.41) is 19.7. The number of rotatable bonds is 8. The first-order valence-corrected chi connectivity index (χ1v) is 14.0. The van der Waals surface area contributed by atoms with Crippen LogP contribution in [0.4, 0.5) is 0 Å². The van der Waals surface area contributed by atoms with Crippen molar-refractivity contribution >= 4 is 22.6 Å². The average molecular weight is 574 g/mol. The van der Waals surface area contributed by atoms with Gasteiger partial charge in [-0.2, -0.15) is 5.10 Å². The van der Waals surface area contributed by atoms with Crippen molar-refractivity contribution in [2.45, 2.75) is 38.1 Å². The third kappa shape index (κ3) is 5.56. The number of aromatic nitrogens is 5. The lowest BCUT2D eigenvalue weighted by Crippen LogP contribution is -2.47. The van der Waals surface area contributed by atoms with Gasteiger partial charge >= 0.3 is 0 Å². The molecule has 212 valence electrons. The highest BCUT2D eigenvalue weighted by Crippen LogP contribution is 2.30. The summed E-state index contributed by atoms with van der Waals surface area (Å²) in [6.45, 7) is 2.97. The molecule has 5 aromatic rings. The Morgan fingerprint density at radius 1 is 1.07 bits per heavy atom. The van der Waals surface area contributed by atoms with Gasteiger partial charge in [-0.15, -0.1) is 0 Å². The van der Waals surface area contributed by atoms with Gasteiger partial charge in [0.1, 0.15) is 11.8 Å². The van der Waals surface area contributed by atoms with Crippen LogP contribution >= 0.6 is 11.6 Å². The lowest BCUT2D eigenvalue weighted by Gasteiger charge is -2.38. The van der Waals surface area contributed by atoms with Crippen LogP contribution in [0.5, 0.6) is 0 Å². The SMILES string of the molecule is CNCc1ccc(-c2c3ncn(CC4(O)CCN(Cc5ccc(-c6ncco6)cc5Cl)CC4)c(=O)c3nn2C)cc1. The van der Waals surface area contributed by atoms with Crippen molar-refractivity contribution in [3.63, 3.8) is 0 Å². The number of aryl methyl sites for hydroxylation is 1. The second-order valence-electron chi connectivity index (χ2n) is 10.7. The van der Waals surface area contributed by atoms with Crippen LogP contribution in [0.3, 0.4) is 0 Å². The Balaban J connectivity index is 1.14. The first-order chi connectivity index (χ1) is 19.8. The Morgan fingerprint density at radius 2 is 1.83 bits per heavy atom. The molecular formula is C30H32ClN7O3. The Kier molecular flexibility index (Phi) is 7.48. The molecule has 6 rings (SSSR count). The summed E-state index contributed by atoms with van der Waals surface area (Å²) >= 11 is 6.56. The molecule has 10 nitrogen and oxygen atoms in total. The Morgan fingerprint density at radius 3 is 2.51 bits per heavy atom. The lowest BCUT2D eigenvalue weighted by molar-refractivity contribution is -0.0364. The summed E-state index contributed by atoms with van der Waals surface area (Å²) in [5.74, 6) is 0.533. The fraction of sp³-hybridized carbons (Fsp3) is 0.333. The number of hydrogen-bond acceptors (Lipinski definition) is 8. The Bertz CT molecular complexity index is 1720. The van der Waals surface area contributed by atoms with Gasteiger partial charge in [0.2, 0.25) is 5.89 Å². The quantitative estimate of drug-likeness (QED) is 0.288. The van der Waals surface area contributed by atoms with Crippen LogP contribution in [0.15, 0.2) is 70.5 Å². The second kappa shape index (κ2) is 11.2. The van der Waals surface area contributed by atoms with E-state index in [4.69, 9.17) is 16.0 Å². The highest BCUT2D eigenvalue weighted by atomic mass is 35.5. The van der Waals surface area contributed by atoms with E-state index in [2.05, 4.69) is 37.4 Å². The average Bonchev–Trinajstić information content (AvgIpc) is 3.62. The van der Waals surface area contributed by atoms with Crippen LogP contribution in [0, 0.1) is 0 Å². The van der Waals surface area contributed by atoms with Crippen LogP contribution in [0.2, 0.25) is 5.02 Å². The molecule has 2 N–H and O–H groups in total. The molecule has 0 unspecified atom stereocenters. The predicted octanol–water partition coefficient (Wildman–Crippen LogP) is 3.85. The largest absolute Gasteiger partial charge is 0.445 e. The van der Waals surface area contributed by atoms with Gasteiger partial charge in [0.25, 0.3) is 5.56 Å². The molecule has 0 bridgehead atoms. The van der Waals surface area contributed by atoms with Crippen molar-refractivity contribution in [3.8, 4) is 22.7 Å². The van der Waals surface area contributed by atoms with Crippen molar-refractivity contribution in [1.29, 1.82) is 0 Å². The third-order valence-corrected chi connectivity index (χ3v) is 8.15. The number of piperidine rings is 1. The van der Waals surface area contributed by atoms with E-state index in [0.717, 1.165) is 28.9 Å². The van der Waals surface area contributed by atoms with Gasteiger partial charge in [-0.25, -0.2) is 9.97 Å². The van der Waals surface area contributed by atoms with Gasteiger partial charge in [0.05, 0.1) is 30.4 Å². The molecule has 0 spiro atoms. The maximum absolute atomic E-state index is 13.4. The topological polar surface area (TPSA) is 114 Å². The van der Waals surface area contributed by atoms with Gasteiger partial charge in [-0.3, -0.25) is 18.9 Å². The molecule has 1 saturated heterocycles. The van der Waals surface area contributed by atoms with Crippen LogP contribution in [0.25, 0.3) is 33.7 Å². The zero-order valence-corrected chi connectivity index (χ0v) is 23.8. The monoisotopic (exact) mass is 573 g/mol. The van der Waals surface area contributed by atoms with Crippen molar-refractivity contribution in [1.82, 2.24) is 34.5 Å². The van der Waals surface area contributed by atoms with E-state index in [9.17, 15) is 9.90 Å². The molecule has 1 fully saturated rings. The highest BCUT2D eigenvalue weighted by Gasteiger charge is 2.33. The fourth-order valence-corrected chi connectivity index (χ4v) is 5.77. The van der Waals surface area contributed by atoms with Gasteiger partial charge in [-0.1, -0.05) is 41.9 Å². The van der Waals surface area contributed by atoms with E-state index >= 15 is 0 Å². The van der Waals surface area contributed by atoms with Crippen LogP contribution in [0.1, 0.15) is 24.0 Å². The fourth-order valence-electron chi connectivity index (χ4n) is 5.53. The molecule has 0 amide bonds. The van der Waals surface area contributed by atoms with E-state index in [1.54, 1.807) is 10.9 Å². The minimum absolute atomic E-state index is 0.166. The van der Waals surface area contributed by atoms with Crippen molar-refractivity contribution in [2.24, 2.45) is 7.05 Å². The summed E-state index contributed by atoms with van der Waals surface area (Å²) < 4.78 is 8.55. The van der Waals surface area contributed by atoms with Gasteiger partial charge in [-0.05, 0) is 43.1 Å². The van der Waals surface area contributed by atoms with Gasteiger partial charge < -0.3 is 14.8 Å². The van der Waals surface area contributed by atoms with E-state index in [1.165, 1.54) is 22.7 Å². The summed E-state index contributed by atoms with van der Waals surface area (Å²) in [5.41, 5.74) is 4.32. The first-order valence-electron chi connectivity index (χ1n) is 13.6. The molecule has 0 saturated carbocycles. The van der Waals surface area contributed by atoms with Gasteiger partial charge in [0, 0.05) is 49.4 Å².